The van der Waals surface area contributed by atoms with E-state index in [1.54, 1.807) is 24.1 Å². The lowest BCUT2D eigenvalue weighted by Gasteiger charge is -2.21. The van der Waals surface area contributed by atoms with E-state index in [2.05, 4.69) is 0 Å². The molecule has 98 valence electrons. The first-order valence-corrected chi connectivity index (χ1v) is 6.85. The second-order valence-corrected chi connectivity index (χ2v) is 5.79. The lowest BCUT2D eigenvalue weighted by atomic mass is 10.1. The predicted molar refractivity (Wildman–Crippen MR) is 83.7 cm³/mol. The molecule has 1 atom stereocenters. The number of carbonyl (C=O) groups excluding carboxylic acids is 1. The van der Waals surface area contributed by atoms with Gasteiger partial charge in [0.1, 0.15) is 5.75 Å². The molecule has 4 nitrogen and oxygen atoms in total. The summed E-state index contributed by atoms with van der Waals surface area (Å²) in [4.78, 5) is 14.0. The minimum atomic E-state index is -0.162. The highest BCUT2D eigenvalue weighted by Crippen LogP contribution is 2.21. The summed E-state index contributed by atoms with van der Waals surface area (Å²) in [5.74, 6) is -0.0894. The van der Waals surface area contributed by atoms with Gasteiger partial charge in [0.2, 0.25) is 0 Å². The molecule has 0 aliphatic heterocycles. The molecule has 3 N–H and O–H groups in total. The van der Waals surface area contributed by atoms with Gasteiger partial charge in [0.15, 0.2) is 0 Å². The van der Waals surface area contributed by atoms with Gasteiger partial charge in [-0.1, -0.05) is 19.1 Å². The van der Waals surface area contributed by atoms with E-state index in [-0.39, 0.29) is 17.6 Å². The second-order valence-electron chi connectivity index (χ2n) is 4.16. The molecule has 18 heavy (non-hydrogen) atoms. The Bertz CT molecular complexity index is 479. The van der Waals surface area contributed by atoms with E-state index in [0.29, 0.717) is 20.7 Å². The first kappa shape index (κ1) is 15.2. The molecule has 0 heterocycles. The SMILES string of the molecule is CC(CN(C)C(=O)c1ccc(I)c(O)c1)C(N)=S. The number of benzene rings is 1. The van der Waals surface area contributed by atoms with E-state index in [4.69, 9.17) is 18.0 Å². The molecule has 0 bridgehead atoms. The highest BCUT2D eigenvalue weighted by Gasteiger charge is 2.16. The summed E-state index contributed by atoms with van der Waals surface area (Å²) in [6, 6.07) is 4.85. The van der Waals surface area contributed by atoms with E-state index >= 15 is 0 Å². The standard InChI is InChI=1S/C12H15IN2O2S/c1-7(11(14)18)6-15(2)12(17)8-3-4-9(13)10(16)5-8/h3-5,7,16H,6H2,1-2H3,(H2,14,18). The van der Waals surface area contributed by atoms with E-state index < -0.39 is 0 Å². The van der Waals surface area contributed by atoms with Crippen LogP contribution in [0.25, 0.3) is 0 Å². The Hall–Kier alpha value is -0.890. The number of carbonyl (C=O) groups is 1. The fraction of sp³-hybridized carbons (Fsp3) is 0.333. The average molecular weight is 378 g/mol. The first-order valence-electron chi connectivity index (χ1n) is 5.36. The van der Waals surface area contributed by atoms with Gasteiger partial charge in [0, 0.05) is 25.1 Å². The Balaban J connectivity index is 2.80. The number of nitrogens with two attached hydrogens (primary N) is 1. The maximum atomic E-state index is 12.1. The van der Waals surface area contributed by atoms with Crippen LogP contribution in [0.2, 0.25) is 0 Å². The van der Waals surface area contributed by atoms with E-state index in [1.807, 2.05) is 29.5 Å². The predicted octanol–water partition coefficient (Wildman–Crippen LogP) is 1.99. The van der Waals surface area contributed by atoms with Crippen LogP contribution in [-0.4, -0.2) is 34.5 Å². The zero-order chi connectivity index (χ0) is 13.9. The second kappa shape index (κ2) is 6.33. The van der Waals surface area contributed by atoms with Crippen LogP contribution in [-0.2, 0) is 0 Å². The first-order chi connectivity index (χ1) is 8.32. The van der Waals surface area contributed by atoms with Crippen LogP contribution in [0.15, 0.2) is 18.2 Å². The Morgan fingerprint density at radius 2 is 2.22 bits per heavy atom. The van der Waals surface area contributed by atoms with Gasteiger partial charge in [-0.05, 0) is 40.8 Å². The molecular formula is C12H15IN2O2S. The number of thiocarbonyl (C=S) groups is 1. The maximum absolute atomic E-state index is 12.1. The molecule has 0 saturated heterocycles. The van der Waals surface area contributed by atoms with Crippen LogP contribution in [0.5, 0.6) is 5.75 Å². The van der Waals surface area contributed by atoms with Gasteiger partial charge in [-0.2, -0.15) is 0 Å². The topological polar surface area (TPSA) is 66.6 Å². The highest BCUT2D eigenvalue weighted by molar-refractivity contribution is 14.1. The molecular weight excluding hydrogens is 363 g/mol. The van der Waals surface area contributed by atoms with Crippen molar-refractivity contribution in [3.05, 3.63) is 27.3 Å². The third-order valence-electron chi connectivity index (χ3n) is 2.57. The van der Waals surface area contributed by atoms with Crippen molar-refractivity contribution in [2.24, 2.45) is 11.7 Å². The van der Waals surface area contributed by atoms with Crippen LogP contribution in [0.4, 0.5) is 0 Å². The minimum Gasteiger partial charge on any atom is -0.507 e. The van der Waals surface area contributed by atoms with Gasteiger partial charge in [0.05, 0.1) is 8.56 Å². The molecule has 0 fully saturated rings. The van der Waals surface area contributed by atoms with Crippen molar-refractivity contribution in [2.75, 3.05) is 13.6 Å². The Morgan fingerprint density at radius 3 is 2.72 bits per heavy atom. The average Bonchev–Trinajstić information content (AvgIpc) is 2.31. The lowest BCUT2D eigenvalue weighted by Crippen LogP contribution is -2.35. The molecule has 0 spiro atoms. The summed E-state index contributed by atoms with van der Waals surface area (Å²) in [5.41, 5.74) is 5.97. The van der Waals surface area contributed by atoms with Gasteiger partial charge in [0.25, 0.3) is 5.91 Å². The smallest absolute Gasteiger partial charge is 0.253 e. The van der Waals surface area contributed by atoms with E-state index in [9.17, 15) is 9.90 Å². The number of rotatable bonds is 4. The zero-order valence-corrected chi connectivity index (χ0v) is 13.2. The van der Waals surface area contributed by atoms with Crippen LogP contribution >= 0.6 is 34.8 Å². The summed E-state index contributed by atoms with van der Waals surface area (Å²) in [5, 5.41) is 9.58. The Kier molecular flexibility index (Phi) is 5.33. The lowest BCUT2D eigenvalue weighted by molar-refractivity contribution is 0.0786. The van der Waals surface area contributed by atoms with Crippen molar-refractivity contribution in [3.63, 3.8) is 0 Å². The molecule has 0 aromatic heterocycles. The number of phenols is 1. The molecule has 0 aliphatic rings. The van der Waals surface area contributed by atoms with Gasteiger partial charge < -0.3 is 15.7 Å². The molecule has 0 saturated carbocycles. The molecule has 1 unspecified atom stereocenters. The van der Waals surface area contributed by atoms with Gasteiger partial charge in [-0.25, -0.2) is 0 Å². The van der Waals surface area contributed by atoms with Gasteiger partial charge in [-0.3, -0.25) is 4.79 Å². The van der Waals surface area contributed by atoms with E-state index in [1.165, 1.54) is 6.07 Å². The number of halogens is 1. The zero-order valence-electron chi connectivity index (χ0n) is 10.2. The number of phenolic OH excluding ortho intramolecular Hbond substituents is 1. The van der Waals surface area contributed by atoms with Crippen LogP contribution in [0.1, 0.15) is 17.3 Å². The van der Waals surface area contributed by atoms with Crippen molar-refractivity contribution in [3.8, 4) is 5.75 Å². The van der Waals surface area contributed by atoms with Gasteiger partial charge in [-0.15, -0.1) is 0 Å². The van der Waals surface area contributed by atoms with Crippen molar-refractivity contribution in [1.29, 1.82) is 0 Å². The molecule has 0 aliphatic carbocycles. The van der Waals surface area contributed by atoms with Crippen molar-refractivity contribution < 1.29 is 9.90 Å². The normalized spacial score (nSPS) is 11.9. The maximum Gasteiger partial charge on any atom is 0.253 e. The third kappa shape index (κ3) is 3.81. The summed E-state index contributed by atoms with van der Waals surface area (Å²) in [7, 11) is 1.69. The summed E-state index contributed by atoms with van der Waals surface area (Å²) in [6.07, 6.45) is 0. The summed E-state index contributed by atoms with van der Waals surface area (Å²) in [6.45, 7) is 2.33. The molecule has 0 radical (unpaired) electrons. The van der Waals surface area contributed by atoms with Crippen LogP contribution < -0.4 is 5.73 Å². The third-order valence-corrected chi connectivity index (χ3v) is 3.89. The van der Waals surface area contributed by atoms with Gasteiger partial charge >= 0.3 is 0 Å². The van der Waals surface area contributed by atoms with Crippen molar-refractivity contribution >= 4 is 45.7 Å². The fourth-order valence-electron chi connectivity index (χ4n) is 1.45. The molecule has 1 aromatic rings. The quantitative estimate of drug-likeness (QED) is 0.621. The number of hydrogen-bond acceptors (Lipinski definition) is 3. The monoisotopic (exact) mass is 378 g/mol. The summed E-state index contributed by atoms with van der Waals surface area (Å²) < 4.78 is 0.711. The molecule has 1 aromatic carbocycles. The molecule has 1 amide bonds. The molecule has 1 rings (SSSR count). The summed E-state index contributed by atoms with van der Waals surface area (Å²) >= 11 is 6.88. The number of amides is 1. The van der Waals surface area contributed by atoms with E-state index in [0.717, 1.165) is 0 Å². The Labute approximate surface area is 125 Å². The Morgan fingerprint density at radius 1 is 1.61 bits per heavy atom. The van der Waals surface area contributed by atoms with Crippen molar-refractivity contribution in [2.45, 2.75) is 6.92 Å². The van der Waals surface area contributed by atoms with Crippen molar-refractivity contribution in [1.82, 2.24) is 4.90 Å². The minimum absolute atomic E-state index is 0.0357. The number of hydrogen-bond donors (Lipinski definition) is 2. The van der Waals surface area contributed by atoms with Crippen LogP contribution in [0, 0.1) is 9.49 Å². The number of aromatic hydroxyl groups is 1. The van der Waals surface area contributed by atoms with Crippen LogP contribution in [0.3, 0.4) is 0 Å². The highest BCUT2D eigenvalue weighted by atomic mass is 127. The largest absolute Gasteiger partial charge is 0.507 e. The molecule has 6 heteroatoms. The number of nitrogens with zero attached hydrogens (tertiary/aromatic N) is 1. The fourth-order valence-corrected chi connectivity index (χ4v) is 1.86.